The number of hydrogen-bond donors (Lipinski definition) is 3. The SMILES string of the molecule is CC(C)(C)C1CCC(O)(CNC(=O)NC2CC3CCC2O3)CC1. The van der Waals surface area contributed by atoms with Crippen molar-refractivity contribution in [1.29, 1.82) is 0 Å². The summed E-state index contributed by atoms with van der Waals surface area (Å²) in [6.07, 6.45) is 7.23. The highest BCUT2D eigenvalue weighted by Gasteiger charge is 2.42. The van der Waals surface area contributed by atoms with E-state index in [4.69, 9.17) is 4.74 Å². The lowest BCUT2D eigenvalue weighted by atomic mass is 9.68. The number of nitrogens with one attached hydrogen (secondary N) is 2. The summed E-state index contributed by atoms with van der Waals surface area (Å²) in [7, 11) is 0. The van der Waals surface area contributed by atoms with Gasteiger partial charge < -0.3 is 20.5 Å². The number of rotatable bonds is 3. The molecule has 1 aliphatic carbocycles. The minimum atomic E-state index is -0.746. The van der Waals surface area contributed by atoms with Crippen molar-refractivity contribution >= 4 is 6.03 Å². The van der Waals surface area contributed by atoms with Crippen molar-refractivity contribution in [3.05, 3.63) is 0 Å². The number of urea groups is 1. The van der Waals surface area contributed by atoms with E-state index in [1.54, 1.807) is 0 Å². The standard InChI is InChI=1S/C18H32N2O3/c1-17(2,3)12-6-8-18(22,9-7-12)11-19-16(21)20-14-10-13-4-5-15(14)23-13/h12-15,22H,4-11H2,1-3H3,(H2,19,20,21). The first-order valence-corrected chi connectivity index (χ1v) is 9.17. The molecule has 3 aliphatic rings. The Kier molecular flexibility index (Phi) is 4.62. The molecule has 0 aromatic carbocycles. The third kappa shape index (κ3) is 4.00. The quantitative estimate of drug-likeness (QED) is 0.747. The Morgan fingerprint density at radius 2 is 1.91 bits per heavy atom. The van der Waals surface area contributed by atoms with Crippen molar-refractivity contribution in [2.45, 2.75) is 89.6 Å². The maximum Gasteiger partial charge on any atom is 0.315 e. The van der Waals surface area contributed by atoms with Gasteiger partial charge in [-0.3, -0.25) is 0 Å². The molecular formula is C18H32N2O3. The highest BCUT2D eigenvalue weighted by Crippen LogP contribution is 2.41. The summed E-state index contributed by atoms with van der Waals surface area (Å²) in [5.74, 6) is 0.655. The monoisotopic (exact) mass is 324 g/mol. The van der Waals surface area contributed by atoms with Crippen LogP contribution >= 0.6 is 0 Å². The van der Waals surface area contributed by atoms with Crippen LogP contribution in [-0.2, 0) is 4.74 Å². The molecule has 3 N–H and O–H groups in total. The van der Waals surface area contributed by atoms with E-state index >= 15 is 0 Å². The van der Waals surface area contributed by atoms with E-state index in [0.29, 0.717) is 24.0 Å². The van der Waals surface area contributed by atoms with Crippen LogP contribution in [0.4, 0.5) is 4.79 Å². The van der Waals surface area contributed by atoms with Crippen molar-refractivity contribution in [3.63, 3.8) is 0 Å². The second-order valence-electron chi connectivity index (χ2n) is 8.91. The van der Waals surface area contributed by atoms with Crippen molar-refractivity contribution in [3.8, 4) is 0 Å². The fraction of sp³-hybridized carbons (Fsp3) is 0.944. The minimum absolute atomic E-state index is 0.139. The van der Waals surface area contributed by atoms with E-state index in [-0.39, 0.29) is 18.2 Å². The van der Waals surface area contributed by atoms with Gasteiger partial charge in [0, 0.05) is 6.54 Å². The van der Waals surface area contributed by atoms with Crippen LogP contribution in [0, 0.1) is 11.3 Å². The predicted octanol–water partition coefficient (Wildman–Crippen LogP) is 2.57. The van der Waals surface area contributed by atoms with Gasteiger partial charge in [0.1, 0.15) is 0 Å². The number of hydrogen-bond acceptors (Lipinski definition) is 3. The van der Waals surface area contributed by atoms with Crippen molar-refractivity contribution in [2.75, 3.05) is 6.54 Å². The fourth-order valence-electron chi connectivity index (χ4n) is 4.45. The molecule has 0 aromatic rings. The summed E-state index contributed by atoms with van der Waals surface area (Å²) in [6.45, 7) is 7.15. The molecule has 3 unspecified atom stereocenters. The first-order chi connectivity index (χ1) is 10.8. The number of aliphatic hydroxyl groups is 1. The average molecular weight is 324 g/mol. The zero-order valence-electron chi connectivity index (χ0n) is 14.7. The van der Waals surface area contributed by atoms with E-state index in [9.17, 15) is 9.90 Å². The molecule has 3 rings (SSSR count). The Balaban J connectivity index is 1.40. The van der Waals surface area contributed by atoms with Crippen LogP contribution in [0.15, 0.2) is 0 Å². The minimum Gasteiger partial charge on any atom is -0.388 e. The van der Waals surface area contributed by atoms with E-state index in [2.05, 4.69) is 31.4 Å². The number of carbonyl (C=O) groups excluding carboxylic acids is 1. The van der Waals surface area contributed by atoms with Crippen molar-refractivity contribution in [1.82, 2.24) is 10.6 Å². The summed E-state index contributed by atoms with van der Waals surface area (Å²) in [5, 5.41) is 16.6. The highest BCUT2D eigenvalue weighted by atomic mass is 16.5. The number of carbonyl (C=O) groups is 1. The molecule has 1 saturated carbocycles. The van der Waals surface area contributed by atoms with Gasteiger partial charge in [0.15, 0.2) is 0 Å². The van der Waals surface area contributed by atoms with E-state index < -0.39 is 5.60 Å². The van der Waals surface area contributed by atoms with Gasteiger partial charge in [-0.05, 0) is 56.3 Å². The van der Waals surface area contributed by atoms with Crippen molar-refractivity contribution in [2.24, 2.45) is 11.3 Å². The van der Waals surface area contributed by atoms with Crippen LogP contribution in [0.2, 0.25) is 0 Å². The van der Waals surface area contributed by atoms with E-state index in [1.165, 1.54) is 0 Å². The molecule has 0 aromatic heterocycles. The lowest BCUT2D eigenvalue weighted by Crippen LogP contribution is -2.52. The molecule has 2 bridgehead atoms. The Hall–Kier alpha value is -0.810. The molecule has 0 radical (unpaired) electrons. The number of ether oxygens (including phenoxy) is 1. The molecule has 2 heterocycles. The van der Waals surface area contributed by atoms with Crippen LogP contribution in [0.3, 0.4) is 0 Å². The summed E-state index contributed by atoms with van der Waals surface area (Å²) >= 11 is 0. The van der Waals surface area contributed by atoms with Gasteiger partial charge in [-0.15, -0.1) is 0 Å². The summed E-state index contributed by atoms with van der Waals surface area (Å²) < 4.78 is 5.75. The first kappa shape index (κ1) is 17.0. The van der Waals surface area contributed by atoms with E-state index in [0.717, 1.165) is 44.9 Å². The lowest BCUT2D eigenvalue weighted by Gasteiger charge is -2.41. The predicted molar refractivity (Wildman–Crippen MR) is 89.2 cm³/mol. The second kappa shape index (κ2) is 6.25. The Morgan fingerprint density at radius 3 is 2.43 bits per heavy atom. The van der Waals surface area contributed by atoms with Gasteiger partial charge in [0.2, 0.25) is 0 Å². The number of amides is 2. The topological polar surface area (TPSA) is 70.6 Å². The van der Waals surface area contributed by atoms with Gasteiger partial charge in [-0.2, -0.15) is 0 Å². The fourth-order valence-corrected chi connectivity index (χ4v) is 4.45. The maximum absolute atomic E-state index is 12.1. The molecule has 5 nitrogen and oxygen atoms in total. The van der Waals surface area contributed by atoms with Crippen LogP contribution in [-0.4, -0.2) is 41.5 Å². The molecule has 2 amide bonds. The maximum atomic E-state index is 12.1. The summed E-state index contributed by atoms with van der Waals surface area (Å²) in [6, 6.07) is -0.0301. The third-order valence-electron chi connectivity index (χ3n) is 6.14. The molecule has 23 heavy (non-hydrogen) atoms. The van der Waals surface area contributed by atoms with Crippen LogP contribution < -0.4 is 10.6 Å². The molecule has 3 atom stereocenters. The van der Waals surface area contributed by atoms with Gasteiger partial charge in [-0.1, -0.05) is 20.8 Å². The zero-order valence-corrected chi connectivity index (χ0v) is 14.7. The molecule has 2 saturated heterocycles. The van der Waals surface area contributed by atoms with Gasteiger partial charge in [-0.25, -0.2) is 4.79 Å². The first-order valence-electron chi connectivity index (χ1n) is 9.17. The molecule has 2 aliphatic heterocycles. The van der Waals surface area contributed by atoms with Gasteiger partial charge in [0.05, 0.1) is 23.9 Å². The van der Waals surface area contributed by atoms with Gasteiger partial charge >= 0.3 is 6.03 Å². The lowest BCUT2D eigenvalue weighted by molar-refractivity contribution is -0.0219. The Labute approximate surface area is 139 Å². The molecule has 5 heteroatoms. The summed E-state index contributed by atoms with van der Waals surface area (Å²) in [4.78, 5) is 12.1. The molecule has 3 fully saturated rings. The third-order valence-corrected chi connectivity index (χ3v) is 6.14. The zero-order chi connectivity index (χ0) is 16.7. The highest BCUT2D eigenvalue weighted by molar-refractivity contribution is 5.74. The molecular weight excluding hydrogens is 292 g/mol. The van der Waals surface area contributed by atoms with Crippen molar-refractivity contribution < 1.29 is 14.6 Å². The summed E-state index contributed by atoms with van der Waals surface area (Å²) in [5.41, 5.74) is -0.446. The largest absolute Gasteiger partial charge is 0.388 e. The van der Waals surface area contributed by atoms with Gasteiger partial charge in [0.25, 0.3) is 0 Å². The van der Waals surface area contributed by atoms with Crippen LogP contribution in [0.5, 0.6) is 0 Å². The molecule has 0 spiro atoms. The Morgan fingerprint density at radius 1 is 1.22 bits per heavy atom. The second-order valence-corrected chi connectivity index (χ2v) is 8.91. The average Bonchev–Trinajstić information content (AvgIpc) is 3.07. The van der Waals surface area contributed by atoms with E-state index in [1.807, 2.05) is 0 Å². The Bertz CT molecular complexity index is 438. The normalized spacial score (nSPS) is 40.2. The smallest absolute Gasteiger partial charge is 0.315 e. The molecule has 132 valence electrons. The van der Waals surface area contributed by atoms with Crippen LogP contribution in [0.1, 0.15) is 65.7 Å². The van der Waals surface area contributed by atoms with Crippen LogP contribution in [0.25, 0.3) is 0 Å². The number of fused-ring (bicyclic) bond motifs is 2.